The van der Waals surface area contributed by atoms with Crippen LogP contribution < -0.4 is 24.8 Å². The Morgan fingerprint density at radius 2 is 1.68 bits per heavy atom. The number of allylic oxidation sites excluding steroid dienone is 1. The van der Waals surface area contributed by atoms with Crippen molar-refractivity contribution in [3.8, 4) is 17.2 Å². The maximum absolute atomic E-state index is 12.8. The topological polar surface area (TPSA) is 68.8 Å². The third kappa shape index (κ3) is 4.37. The third-order valence-electron chi connectivity index (χ3n) is 3.38. The summed E-state index contributed by atoms with van der Waals surface area (Å²) >= 11 is 0. The minimum atomic E-state index is -4.63. The fraction of sp³-hybridized carbons (Fsp3) is 0.312. The maximum Gasteiger partial charge on any atom is 0.431 e. The van der Waals surface area contributed by atoms with E-state index in [4.69, 9.17) is 14.2 Å². The zero-order valence-corrected chi connectivity index (χ0v) is 13.7. The molecule has 0 fully saturated rings. The van der Waals surface area contributed by atoms with E-state index >= 15 is 0 Å². The summed E-state index contributed by atoms with van der Waals surface area (Å²) in [6, 6.07) is 1.43. The van der Waals surface area contributed by atoms with Crippen molar-refractivity contribution in [3.05, 3.63) is 35.5 Å². The molecule has 2 amide bonds. The molecular weight excluding hydrogens is 341 g/mol. The number of carbonyl (C=O) groups excluding carboxylic acids is 1. The molecule has 136 valence electrons. The van der Waals surface area contributed by atoms with Crippen LogP contribution in [0.25, 0.3) is 6.08 Å². The van der Waals surface area contributed by atoms with Gasteiger partial charge in [-0.25, -0.2) is 4.79 Å². The zero-order valence-electron chi connectivity index (χ0n) is 13.7. The number of benzene rings is 1. The lowest BCUT2D eigenvalue weighted by molar-refractivity contribution is -0.0963. The Morgan fingerprint density at radius 1 is 1.08 bits per heavy atom. The monoisotopic (exact) mass is 358 g/mol. The van der Waals surface area contributed by atoms with Gasteiger partial charge in [0.25, 0.3) is 0 Å². The highest BCUT2D eigenvalue weighted by molar-refractivity contribution is 5.79. The molecule has 0 saturated heterocycles. The fourth-order valence-electron chi connectivity index (χ4n) is 2.25. The maximum atomic E-state index is 12.8. The van der Waals surface area contributed by atoms with Crippen LogP contribution in [0.1, 0.15) is 5.56 Å². The molecule has 0 aliphatic carbocycles. The first kappa shape index (κ1) is 18.5. The number of methoxy groups -OCH3 is 3. The minimum Gasteiger partial charge on any atom is -0.493 e. The van der Waals surface area contributed by atoms with E-state index in [1.54, 1.807) is 23.5 Å². The second-order valence-electron chi connectivity index (χ2n) is 5.02. The van der Waals surface area contributed by atoms with Crippen LogP contribution >= 0.6 is 0 Å². The van der Waals surface area contributed by atoms with Crippen molar-refractivity contribution in [1.82, 2.24) is 10.6 Å². The summed E-state index contributed by atoms with van der Waals surface area (Å²) in [5.74, 6) is 1.21. The molecule has 1 aliphatic heterocycles. The number of ether oxygens (including phenoxy) is 3. The normalized spacial score (nSPS) is 17.6. The SMILES string of the molecule is COc1cc(/C=C/[C@@H]2C=C(C(F)(F)F)NC(=O)N2)cc(OC)c1OC. The van der Waals surface area contributed by atoms with Crippen molar-refractivity contribution in [1.29, 1.82) is 0 Å². The Hall–Kier alpha value is -2.84. The Labute approximate surface area is 142 Å². The van der Waals surface area contributed by atoms with Crippen molar-refractivity contribution < 1.29 is 32.2 Å². The number of rotatable bonds is 5. The number of hydrogen-bond acceptors (Lipinski definition) is 4. The van der Waals surface area contributed by atoms with Crippen LogP contribution in [-0.2, 0) is 0 Å². The summed E-state index contributed by atoms with van der Waals surface area (Å²) in [6.07, 6.45) is -0.775. The van der Waals surface area contributed by atoms with Gasteiger partial charge in [-0.1, -0.05) is 12.2 Å². The highest BCUT2D eigenvalue weighted by Crippen LogP contribution is 2.38. The van der Waals surface area contributed by atoms with Gasteiger partial charge in [0.2, 0.25) is 5.75 Å². The molecule has 1 atom stereocenters. The third-order valence-corrected chi connectivity index (χ3v) is 3.38. The predicted octanol–water partition coefficient (Wildman–Crippen LogP) is 2.85. The fourth-order valence-corrected chi connectivity index (χ4v) is 2.25. The molecule has 1 aromatic carbocycles. The molecule has 2 N–H and O–H groups in total. The predicted molar refractivity (Wildman–Crippen MR) is 84.7 cm³/mol. The second-order valence-corrected chi connectivity index (χ2v) is 5.02. The molecule has 1 aliphatic rings. The largest absolute Gasteiger partial charge is 0.493 e. The van der Waals surface area contributed by atoms with Crippen molar-refractivity contribution in [2.75, 3.05) is 21.3 Å². The van der Waals surface area contributed by atoms with Crippen LogP contribution in [0.15, 0.2) is 30.0 Å². The van der Waals surface area contributed by atoms with Crippen molar-refractivity contribution >= 4 is 12.1 Å². The second kappa shape index (κ2) is 7.37. The van der Waals surface area contributed by atoms with E-state index in [1.807, 2.05) is 0 Å². The van der Waals surface area contributed by atoms with Gasteiger partial charge in [-0.05, 0) is 23.8 Å². The Bertz CT molecular complexity index is 689. The Morgan fingerprint density at radius 3 is 2.16 bits per heavy atom. The van der Waals surface area contributed by atoms with Crippen LogP contribution in [0.4, 0.5) is 18.0 Å². The van der Waals surface area contributed by atoms with Crippen LogP contribution in [-0.4, -0.2) is 39.6 Å². The van der Waals surface area contributed by atoms with Crippen molar-refractivity contribution in [2.45, 2.75) is 12.2 Å². The van der Waals surface area contributed by atoms with E-state index in [-0.39, 0.29) is 0 Å². The van der Waals surface area contributed by atoms with Gasteiger partial charge in [0.1, 0.15) is 5.70 Å². The smallest absolute Gasteiger partial charge is 0.431 e. The first-order chi connectivity index (χ1) is 11.8. The number of halogens is 3. The van der Waals surface area contributed by atoms with Crippen LogP contribution in [0, 0.1) is 0 Å². The summed E-state index contributed by atoms with van der Waals surface area (Å²) < 4.78 is 53.9. The average molecular weight is 358 g/mol. The molecule has 0 bridgehead atoms. The van der Waals surface area contributed by atoms with Crippen LogP contribution in [0.5, 0.6) is 17.2 Å². The van der Waals surface area contributed by atoms with Crippen LogP contribution in [0.3, 0.4) is 0 Å². The molecule has 25 heavy (non-hydrogen) atoms. The van der Waals surface area contributed by atoms with Crippen LogP contribution in [0.2, 0.25) is 0 Å². The number of alkyl halides is 3. The van der Waals surface area contributed by atoms with E-state index in [0.717, 1.165) is 6.08 Å². The van der Waals surface area contributed by atoms with E-state index in [0.29, 0.717) is 22.8 Å². The lowest BCUT2D eigenvalue weighted by Gasteiger charge is -2.22. The molecule has 0 spiro atoms. The molecule has 0 radical (unpaired) electrons. The summed E-state index contributed by atoms with van der Waals surface area (Å²) in [7, 11) is 4.37. The van der Waals surface area contributed by atoms with Gasteiger partial charge in [0, 0.05) is 0 Å². The molecule has 1 aromatic rings. The first-order valence-corrected chi connectivity index (χ1v) is 7.13. The highest BCUT2D eigenvalue weighted by Gasteiger charge is 2.37. The van der Waals surface area contributed by atoms with E-state index in [2.05, 4.69) is 5.32 Å². The highest BCUT2D eigenvalue weighted by atomic mass is 19.4. The lowest BCUT2D eigenvalue weighted by Crippen LogP contribution is -2.48. The quantitative estimate of drug-likeness (QED) is 0.849. The number of amides is 2. The summed E-state index contributed by atoms with van der Waals surface area (Å²) in [6.45, 7) is 0. The van der Waals surface area contributed by atoms with Gasteiger partial charge in [0.05, 0.1) is 27.4 Å². The lowest BCUT2D eigenvalue weighted by atomic mass is 10.1. The molecule has 9 heteroatoms. The van der Waals surface area contributed by atoms with Crippen molar-refractivity contribution in [2.24, 2.45) is 0 Å². The van der Waals surface area contributed by atoms with E-state index < -0.39 is 23.9 Å². The summed E-state index contributed by atoms with van der Waals surface area (Å²) in [4.78, 5) is 11.4. The van der Waals surface area contributed by atoms with Gasteiger partial charge in [-0.3, -0.25) is 0 Å². The molecule has 0 aromatic heterocycles. The molecule has 6 nitrogen and oxygen atoms in total. The minimum absolute atomic E-state index is 0.400. The Balaban J connectivity index is 2.31. The number of nitrogens with one attached hydrogen (secondary N) is 2. The molecule has 1 heterocycles. The van der Waals surface area contributed by atoms with Gasteiger partial charge < -0.3 is 24.8 Å². The molecule has 0 saturated carbocycles. The first-order valence-electron chi connectivity index (χ1n) is 7.13. The summed E-state index contributed by atoms with van der Waals surface area (Å²) in [5, 5.41) is 4.10. The number of urea groups is 1. The van der Waals surface area contributed by atoms with Gasteiger partial charge in [0.15, 0.2) is 11.5 Å². The Kier molecular flexibility index (Phi) is 5.45. The number of carbonyl (C=O) groups is 1. The van der Waals surface area contributed by atoms with Crippen molar-refractivity contribution in [3.63, 3.8) is 0 Å². The summed E-state index contributed by atoms with van der Waals surface area (Å²) in [5.41, 5.74) is -0.500. The standard InChI is InChI=1S/C16H17F3N2O4/c1-23-11-6-9(7-12(24-2)14(11)25-3)4-5-10-8-13(16(17,18)19)21-15(22)20-10/h4-8,10H,1-3H3,(H2,20,21,22)/b5-4+/t10-/m1/s1. The zero-order chi connectivity index (χ0) is 18.6. The molecule has 0 unspecified atom stereocenters. The molecular formula is C16H17F3N2O4. The molecule has 2 rings (SSSR count). The van der Waals surface area contributed by atoms with Gasteiger partial charge >= 0.3 is 12.2 Å². The van der Waals surface area contributed by atoms with Gasteiger partial charge in [-0.15, -0.1) is 0 Å². The van der Waals surface area contributed by atoms with Gasteiger partial charge in [-0.2, -0.15) is 13.2 Å². The van der Waals surface area contributed by atoms with E-state index in [9.17, 15) is 18.0 Å². The average Bonchev–Trinajstić information content (AvgIpc) is 2.57. The van der Waals surface area contributed by atoms with E-state index in [1.165, 1.54) is 27.4 Å². The number of hydrogen-bond donors (Lipinski definition) is 2.